The Morgan fingerprint density at radius 1 is 1.29 bits per heavy atom. The predicted octanol–water partition coefficient (Wildman–Crippen LogP) is 1.60. The van der Waals surface area contributed by atoms with E-state index in [9.17, 15) is 18.0 Å². The molecule has 0 saturated carbocycles. The first-order valence-electron chi connectivity index (χ1n) is 6.36. The second kappa shape index (κ2) is 9.40. The monoisotopic (exact) mass is 386 g/mol. The molecule has 24 heavy (non-hydrogen) atoms. The molecule has 1 amide bonds. The van der Waals surface area contributed by atoms with Crippen molar-refractivity contribution in [3.63, 3.8) is 0 Å². The van der Waals surface area contributed by atoms with Crippen molar-refractivity contribution in [3.8, 4) is 5.82 Å². The number of amides is 1. The average Bonchev–Trinajstić information content (AvgIpc) is 2.96. The van der Waals surface area contributed by atoms with Crippen LogP contribution in [0.4, 0.5) is 13.2 Å². The van der Waals surface area contributed by atoms with E-state index >= 15 is 0 Å². The van der Waals surface area contributed by atoms with Crippen LogP contribution in [-0.2, 0) is 6.18 Å². The highest BCUT2D eigenvalue weighted by atomic mass is 35.5. The SMILES string of the molecule is Cl.Cl.NCCCNC(=O)c1cn(-c2ccc(C(F)(F)F)cn2)nn1. The average molecular weight is 387 g/mol. The zero-order valence-corrected chi connectivity index (χ0v) is 13.8. The van der Waals surface area contributed by atoms with Gasteiger partial charge >= 0.3 is 6.18 Å². The molecule has 0 aliphatic heterocycles. The fraction of sp³-hybridized carbons (Fsp3) is 0.333. The third kappa shape index (κ3) is 5.62. The molecule has 0 spiro atoms. The summed E-state index contributed by atoms with van der Waals surface area (Å²) in [5, 5.41) is 9.90. The van der Waals surface area contributed by atoms with E-state index in [1.807, 2.05) is 0 Å². The van der Waals surface area contributed by atoms with Crippen LogP contribution >= 0.6 is 24.8 Å². The van der Waals surface area contributed by atoms with Crippen LogP contribution in [0.2, 0.25) is 0 Å². The number of aromatic nitrogens is 4. The number of nitrogens with zero attached hydrogens (tertiary/aromatic N) is 4. The van der Waals surface area contributed by atoms with Crippen molar-refractivity contribution >= 4 is 30.7 Å². The Kier molecular flexibility index (Phi) is 8.65. The molecule has 0 aromatic carbocycles. The Morgan fingerprint density at radius 3 is 2.54 bits per heavy atom. The Hall–Kier alpha value is -1.91. The zero-order valence-electron chi connectivity index (χ0n) is 12.2. The Morgan fingerprint density at radius 2 is 2.00 bits per heavy atom. The molecule has 7 nitrogen and oxygen atoms in total. The highest BCUT2D eigenvalue weighted by molar-refractivity contribution is 5.91. The summed E-state index contributed by atoms with van der Waals surface area (Å²) in [4.78, 5) is 15.4. The minimum atomic E-state index is -4.46. The van der Waals surface area contributed by atoms with E-state index in [4.69, 9.17) is 5.73 Å². The maximum absolute atomic E-state index is 12.4. The summed E-state index contributed by atoms with van der Waals surface area (Å²) in [6.07, 6.45) is -1.85. The van der Waals surface area contributed by atoms with Gasteiger partial charge in [-0.25, -0.2) is 9.67 Å². The minimum Gasteiger partial charge on any atom is -0.351 e. The molecule has 0 bridgehead atoms. The summed E-state index contributed by atoms with van der Waals surface area (Å²) in [6, 6.07) is 2.03. The Bertz CT molecular complexity index is 647. The van der Waals surface area contributed by atoms with Gasteiger partial charge in [-0.2, -0.15) is 13.2 Å². The number of carbonyl (C=O) groups is 1. The van der Waals surface area contributed by atoms with Gasteiger partial charge in [-0.05, 0) is 25.1 Å². The Labute approximate surface area is 147 Å². The normalized spacial score (nSPS) is 10.5. The van der Waals surface area contributed by atoms with Crippen LogP contribution in [0.25, 0.3) is 5.82 Å². The van der Waals surface area contributed by atoms with Gasteiger partial charge in [0.25, 0.3) is 5.91 Å². The lowest BCUT2D eigenvalue weighted by Gasteiger charge is -2.06. The molecular weight excluding hydrogens is 372 g/mol. The zero-order chi connectivity index (χ0) is 16.2. The van der Waals surface area contributed by atoms with Gasteiger partial charge in [0.2, 0.25) is 0 Å². The van der Waals surface area contributed by atoms with Crippen LogP contribution < -0.4 is 11.1 Å². The van der Waals surface area contributed by atoms with E-state index in [0.717, 1.165) is 16.8 Å². The highest BCUT2D eigenvalue weighted by Gasteiger charge is 2.30. The molecule has 134 valence electrons. The van der Waals surface area contributed by atoms with Gasteiger partial charge in [-0.1, -0.05) is 5.21 Å². The third-order valence-corrected chi connectivity index (χ3v) is 2.70. The summed E-state index contributed by atoms with van der Waals surface area (Å²) >= 11 is 0. The van der Waals surface area contributed by atoms with Crippen LogP contribution in [0.1, 0.15) is 22.5 Å². The number of hydrogen-bond acceptors (Lipinski definition) is 5. The van der Waals surface area contributed by atoms with Crippen LogP contribution in [0, 0.1) is 0 Å². The van der Waals surface area contributed by atoms with Crippen molar-refractivity contribution in [1.29, 1.82) is 0 Å². The molecule has 2 aromatic rings. The van der Waals surface area contributed by atoms with Crippen LogP contribution in [0.5, 0.6) is 0 Å². The van der Waals surface area contributed by atoms with Crippen LogP contribution in [0.15, 0.2) is 24.5 Å². The van der Waals surface area contributed by atoms with E-state index in [-0.39, 0.29) is 36.3 Å². The number of carbonyl (C=O) groups excluding carboxylic acids is 1. The molecule has 0 fully saturated rings. The summed E-state index contributed by atoms with van der Waals surface area (Å²) in [7, 11) is 0. The second-order valence-corrected chi connectivity index (χ2v) is 4.35. The standard InChI is InChI=1S/C12H13F3N6O.2ClH/c13-12(14,15)8-2-3-10(18-6-8)21-7-9(19-20-21)11(22)17-5-1-4-16;;/h2-3,6-7H,1,4-5,16H2,(H,17,22);2*1H. The van der Waals surface area contributed by atoms with Gasteiger partial charge < -0.3 is 11.1 Å². The topological polar surface area (TPSA) is 98.7 Å². The fourth-order valence-electron chi connectivity index (χ4n) is 1.56. The number of nitrogens with two attached hydrogens (primary N) is 1. The molecule has 0 aliphatic rings. The molecule has 2 heterocycles. The van der Waals surface area contributed by atoms with Crippen LogP contribution in [0.3, 0.4) is 0 Å². The summed E-state index contributed by atoms with van der Waals surface area (Å²) in [6.45, 7) is 0.850. The number of alkyl halides is 3. The first kappa shape index (κ1) is 22.1. The first-order chi connectivity index (χ1) is 10.4. The Balaban J connectivity index is 0.00000264. The predicted molar refractivity (Wildman–Crippen MR) is 84.7 cm³/mol. The molecule has 2 aromatic heterocycles. The van der Waals surface area contributed by atoms with Crippen molar-refractivity contribution in [3.05, 3.63) is 35.8 Å². The molecule has 3 N–H and O–H groups in total. The maximum Gasteiger partial charge on any atom is 0.417 e. The minimum absolute atomic E-state index is 0. The molecule has 0 aliphatic carbocycles. The molecule has 12 heteroatoms. The summed E-state index contributed by atoms with van der Waals surface area (Å²) in [5.74, 6) is -0.312. The lowest BCUT2D eigenvalue weighted by atomic mass is 10.3. The molecule has 2 rings (SSSR count). The van der Waals surface area contributed by atoms with Gasteiger partial charge in [0.15, 0.2) is 11.5 Å². The van der Waals surface area contributed by atoms with Gasteiger partial charge in [-0.15, -0.1) is 29.9 Å². The fourth-order valence-corrected chi connectivity index (χ4v) is 1.56. The van der Waals surface area contributed by atoms with E-state index in [2.05, 4.69) is 20.6 Å². The van der Waals surface area contributed by atoms with Crippen molar-refractivity contribution in [2.75, 3.05) is 13.1 Å². The molecular formula is C12H15Cl2F3N6O. The third-order valence-electron chi connectivity index (χ3n) is 2.70. The summed E-state index contributed by atoms with van der Waals surface area (Å²) in [5.41, 5.74) is 4.48. The lowest BCUT2D eigenvalue weighted by molar-refractivity contribution is -0.137. The van der Waals surface area contributed by atoms with Gasteiger partial charge in [0, 0.05) is 12.7 Å². The molecule has 0 atom stereocenters. The number of nitrogens with one attached hydrogen (secondary N) is 1. The second-order valence-electron chi connectivity index (χ2n) is 4.35. The van der Waals surface area contributed by atoms with E-state index < -0.39 is 17.6 Å². The smallest absolute Gasteiger partial charge is 0.351 e. The number of pyridine rings is 1. The van der Waals surface area contributed by atoms with Crippen LogP contribution in [-0.4, -0.2) is 39.0 Å². The first-order valence-corrected chi connectivity index (χ1v) is 6.36. The lowest BCUT2D eigenvalue weighted by Crippen LogP contribution is -2.26. The maximum atomic E-state index is 12.4. The number of halogens is 5. The van der Waals surface area contributed by atoms with E-state index in [0.29, 0.717) is 25.7 Å². The van der Waals surface area contributed by atoms with E-state index in [1.165, 1.54) is 6.20 Å². The number of hydrogen-bond donors (Lipinski definition) is 2. The van der Waals surface area contributed by atoms with Crippen molar-refractivity contribution in [2.45, 2.75) is 12.6 Å². The number of rotatable bonds is 5. The quantitative estimate of drug-likeness (QED) is 0.760. The van der Waals surface area contributed by atoms with E-state index in [1.54, 1.807) is 0 Å². The highest BCUT2D eigenvalue weighted by Crippen LogP contribution is 2.28. The molecule has 0 unspecified atom stereocenters. The van der Waals surface area contributed by atoms with Gasteiger partial charge in [0.1, 0.15) is 0 Å². The largest absolute Gasteiger partial charge is 0.417 e. The van der Waals surface area contributed by atoms with Crippen molar-refractivity contribution in [1.82, 2.24) is 25.3 Å². The molecule has 0 radical (unpaired) electrons. The van der Waals surface area contributed by atoms with Gasteiger partial charge in [-0.3, -0.25) is 4.79 Å². The van der Waals surface area contributed by atoms with Crippen molar-refractivity contribution in [2.24, 2.45) is 5.73 Å². The summed E-state index contributed by atoms with van der Waals surface area (Å²) < 4.78 is 38.5. The van der Waals surface area contributed by atoms with Crippen molar-refractivity contribution < 1.29 is 18.0 Å². The molecule has 0 saturated heterocycles. The van der Waals surface area contributed by atoms with Gasteiger partial charge in [0.05, 0.1) is 11.8 Å².